The molecule has 4 N–H and O–H groups in total. The Bertz CT molecular complexity index is 480. The van der Waals surface area contributed by atoms with E-state index < -0.39 is 0 Å². The van der Waals surface area contributed by atoms with E-state index in [1.54, 1.807) is 6.07 Å². The molecule has 0 unspecified atom stereocenters. The summed E-state index contributed by atoms with van der Waals surface area (Å²) in [5.74, 6) is -0.469. The van der Waals surface area contributed by atoms with Crippen LogP contribution in [-0.4, -0.2) is 10.2 Å². The van der Waals surface area contributed by atoms with Crippen molar-refractivity contribution >= 4 is 5.69 Å². The highest BCUT2D eigenvalue weighted by Crippen LogP contribution is 2.38. The average Bonchev–Trinajstić information content (AvgIpc) is 2.27. The zero-order valence-electron chi connectivity index (χ0n) is 8.01. The van der Waals surface area contributed by atoms with Gasteiger partial charge in [0.15, 0.2) is 11.5 Å². The number of nitrogens with two attached hydrogens (primary N) is 1. The predicted octanol–water partition coefficient (Wildman–Crippen LogP) is 2.35. The minimum atomic E-state index is -0.267. The van der Waals surface area contributed by atoms with Gasteiger partial charge in [0.1, 0.15) is 0 Å². The number of benzene rings is 2. The zero-order valence-corrected chi connectivity index (χ0v) is 8.01. The third-order valence-corrected chi connectivity index (χ3v) is 2.28. The van der Waals surface area contributed by atoms with Crippen molar-refractivity contribution in [1.82, 2.24) is 0 Å². The molecule has 0 saturated carbocycles. The van der Waals surface area contributed by atoms with Crippen molar-refractivity contribution in [2.75, 3.05) is 5.73 Å². The van der Waals surface area contributed by atoms with E-state index >= 15 is 0 Å². The monoisotopic (exact) mass is 201 g/mol. The predicted molar refractivity (Wildman–Crippen MR) is 59.6 cm³/mol. The number of phenols is 2. The summed E-state index contributed by atoms with van der Waals surface area (Å²) in [4.78, 5) is 0. The van der Waals surface area contributed by atoms with Gasteiger partial charge in [-0.3, -0.25) is 0 Å². The Morgan fingerprint density at radius 2 is 1.53 bits per heavy atom. The number of hydrogen-bond donors (Lipinski definition) is 3. The Morgan fingerprint density at radius 3 is 2.20 bits per heavy atom. The van der Waals surface area contributed by atoms with Crippen LogP contribution in [0.1, 0.15) is 0 Å². The van der Waals surface area contributed by atoms with Crippen LogP contribution in [0.2, 0.25) is 0 Å². The number of aromatic hydroxyl groups is 2. The maximum atomic E-state index is 9.47. The molecule has 76 valence electrons. The summed E-state index contributed by atoms with van der Waals surface area (Å²) in [7, 11) is 0. The Kier molecular flexibility index (Phi) is 2.21. The van der Waals surface area contributed by atoms with Gasteiger partial charge < -0.3 is 15.9 Å². The number of rotatable bonds is 1. The fourth-order valence-corrected chi connectivity index (χ4v) is 1.47. The number of phenolic OH excluding ortho intramolecular Hbond substituents is 2. The Labute approximate surface area is 87.4 Å². The SMILES string of the molecule is Nc1c(-c2ccccc2)ccc(O)c1O. The number of hydrogen-bond acceptors (Lipinski definition) is 3. The van der Waals surface area contributed by atoms with Gasteiger partial charge in [-0.25, -0.2) is 0 Å². The van der Waals surface area contributed by atoms with Crippen LogP contribution in [-0.2, 0) is 0 Å². The lowest BCUT2D eigenvalue weighted by Gasteiger charge is -2.08. The van der Waals surface area contributed by atoms with Crippen molar-refractivity contribution in [3.8, 4) is 22.6 Å². The molecule has 0 aliphatic rings. The second-order valence-corrected chi connectivity index (χ2v) is 3.26. The first-order chi connectivity index (χ1) is 7.20. The Hall–Kier alpha value is -2.16. The molecular formula is C12H11NO2. The quantitative estimate of drug-likeness (QED) is 0.490. The molecule has 0 heterocycles. The summed E-state index contributed by atoms with van der Waals surface area (Å²) in [6.07, 6.45) is 0. The molecule has 0 aliphatic heterocycles. The van der Waals surface area contributed by atoms with E-state index in [4.69, 9.17) is 5.73 Å². The van der Waals surface area contributed by atoms with Gasteiger partial charge in [-0.05, 0) is 17.7 Å². The first kappa shape index (κ1) is 9.40. The van der Waals surface area contributed by atoms with Crippen LogP contribution >= 0.6 is 0 Å². The van der Waals surface area contributed by atoms with E-state index in [0.717, 1.165) is 5.56 Å². The lowest BCUT2D eigenvalue weighted by atomic mass is 10.0. The summed E-state index contributed by atoms with van der Waals surface area (Å²) >= 11 is 0. The van der Waals surface area contributed by atoms with E-state index in [0.29, 0.717) is 5.56 Å². The fraction of sp³-hybridized carbons (Fsp3) is 0. The first-order valence-corrected chi connectivity index (χ1v) is 4.56. The van der Waals surface area contributed by atoms with E-state index in [9.17, 15) is 10.2 Å². The third-order valence-electron chi connectivity index (χ3n) is 2.28. The minimum absolute atomic E-state index is 0.196. The Balaban J connectivity index is 2.60. The van der Waals surface area contributed by atoms with Gasteiger partial charge >= 0.3 is 0 Å². The smallest absolute Gasteiger partial charge is 0.181 e. The first-order valence-electron chi connectivity index (χ1n) is 4.56. The molecule has 0 atom stereocenters. The second-order valence-electron chi connectivity index (χ2n) is 3.26. The van der Waals surface area contributed by atoms with Gasteiger partial charge in [-0.15, -0.1) is 0 Å². The topological polar surface area (TPSA) is 66.5 Å². The summed E-state index contributed by atoms with van der Waals surface area (Å²) in [6, 6.07) is 12.6. The maximum absolute atomic E-state index is 9.47. The molecule has 0 bridgehead atoms. The summed E-state index contributed by atoms with van der Waals surface area (Å²) in [6.45, 7) is 0. The van der Waals surface area contributed by atoms with Gasteiger partial charge in [-0.1, -0.05) is 30.3 Å². The molecule has 0 fully saturated rings. The van der Waals surface area contributed by atoms with E-state index in [1.807, 2.05) is 30.3 Å². The molecule has 2 aromatic carbocycles. The highest BCUT2D eigenvalue weighted by atomic mass is 16.3. The lowest BCUT2D eigenvalue weighted by Crippen LogP contribution is -1.90. The molecular weight excluding hydrogens is 190 g/mol. The fourth-order valence-electron chi connectivity index (χ4n) is 1.47. The molecule has 2 rings (SSSR count). The van der Waals surface area contributed by atoms with Crippen LogP contribution in [0.15, 0.2) is 42.5 Å². The number of anilines is 1. The van der Waals surface area contributed by atoms with Crippen molar-refractivity contribution in [2.24, 2.45) is 0 Å². The van der Waals surface area contributed by atoms with Gasteiger partial charge in [0.25, 0.3) is 0 Å². The van der Waals surface area contributed by atoms with Crippen LogP contribution in [0.25, 0.3) is 11.1 Å². The second kappa shape index (κ2) is 3.53. The van der Waals surface area contributed by atoms with Crippen molar-refractivity contribution in [3.05, 3.63) is 42.5 Å². The molecule has 3 nitrogen and oxygen atoms in total. The van der Waals surface area contributed by atoms with Crippen molar-refractivity contribution < 1.29 is 10.2 Å². The van der Waals surface area contributed by atoms with E-state index in [-0.39, 0.29) is 17.2 Å². The maximum Gasteiger partial charge on any atom is 0.181 e. The van der Waals surface area contributed by atoms with Gasteiger partial charge in [0.05, 0.1) is 5.69 Å². The average molecular weight is 201 g/mol. The highest BCUT2D eigenvalue weighted by Gasteiger charge is 2.09. The third kappa shape index (κ3) is 1.59. The minimum Gasteiger partial charge on any atom is -0.504 e. The molecule has 0 spiro atoms. The molecule has 3 heteroatoms. The summed E-state index contributed by atoms with van der Waals surface area (Å²) in [5.41, 5.74) is 7.52. The van der Waals surface area contributed by atoms with Gasteiger partial charge in [0, 0.05) is 5.56 Å². The summed E-state index contributed by atoms with van der Waals surface area (Å²) < 4.78 is 0. The van der Waals surface area contributed by atoms with E-state index in [2.05, 4.69) is 0 Å². The molecule has 0 saturated heterocycles. The van der Waals surface area contributed by atoms with Crippen LogP contribution in [0.3, 0.4) is 0 Å². The zero-order chi connectivity index (χ0) is 10.8. The van der Waals surface area contributed by atoms with Gasteiger partial charge in [0.2, 0.25) is 0 Å². The highest BCUT2D eigenvalue weighted by molar-refractivity contribution is 5.82. The largest absolute Gasteiger partial charge is 0.504 e. The van der Waals surface area contributed by atoms with Crippen LogP contribution in [0.4, 0.5) is 5.69 Å². The molecule has 0 aromatic heterocycles. The molecule has 2 aromatic rings. The number of nitrogen functional groups attached to an aromatic ring is 1. The summed E-state index contributed by atoms with van der Waals surface area (Å²) in [5, 5.41) is 18.7. The lowest BCUT2D eigenvalue weighted by molar-refractivity contribution is 0.406. The van der Waals surface area contributed by atoms with E-state index in [1.165, 1.54) is 6.07 Å². The molecule has 0 aliphatic carbocycles. The molecule has 15 heavy (non-hydrogen) atoms. The Morgan fingerprint density at radius 1 is 0.867 bits per heavy atom. The molecule has 0 radical (unpaired) electrons. The van der Waals surface area contributed by atoms with Crippen LogP contribution in [0.5, 0.6) is 11.5 Å². The van der Waals surface area contributed by atoms with Gasteiger partial charge in [-0.2, -0.15) is 0 Å². The normalized spacial score (nSPS) is 10.1. The van der Waals surface area contributed by atoms with Crippen molar-refractivity contribution in [2.45, 2.75) is 0 Å². The molecule has 0 amide bonds. The van der Waals surface area contributed by atoms with Crippen molar-refractivity contribution in [3.63, 3.8) is 0 Å². The van der Waals surface area contributed by atoms with Crippen LogP contribution in [0, 0.1) is 0 Å². The standard InChI is InChI=1S/C12H11NO2/c13-11-9(6-7-10(14)12(11)15)8-4-2-1-3-5-8/h1-7,14-15H,13H2. The van der Waals surface area contributed by atoms with Crippen molar-refractivity contribution in [1.29, 1.82) is 0 Å². The van der Waals surface area contributed by atoms with Crippen LogP contribution < -0.4 is 5.73 Å².